The molecule has 0 bridgehead atoms. The van der Waals surface area contributed by atoms with Crippen molar-refractivity contribution in [2.75, 3.05) is 0 Å². The third kappa shape index (κ3) is 3.89. The quantitative estimate of drug-likeness (QED) is 0.296. The predicted octanol–water partition coefficient (Wildman–Crippen LogP) is -2.51. The van der Waals surface area contributed by atoms with E-state index in [4.69, 9.17) is 19.6 Å². The summed E-state index contributed by atoms with van der Waals surface area (Å²) in [5.74, 6) is -4.46. The molecule has 1 heterocycles. The number of aliphatic hydroxyl groups excluding tert-OH is 2. The van der Waals surface area contributed by atoms with Crippen molar-refractivity contribution in [2.24, 2.45) is 0 Å². The number of ether oxygens (including phenoxy) is 1. The topological polar surface area (TPSA) is 199 Å². The van der Waals surface area contributed by atoms with E-state index in [1.807, 2.05) is 4.98 Å². The number of hydrogen-bond acceptors (Lipinski definition) is 7. The Hall–Kier alpha value is -1.82. The number of carboxylic acid groups (broad SMARTS) is 1. The third-order valence-corrected chi connectivity index (χ3v) is 4.88. The zero-order chi connectivity index (χ0) is 19.1. The smallest absolute Gasteiger partial charge is 0.365 e. The molecule has 6 N–H and O–H groups in total. The van der Waals surface area contributed by atoms with Crippen LogP contribution in [0.3, 0.4) is 0 Å². The molecule has 1 unspecified atom stereocenters. The number of carbonyl (C=O) groups is 1. The van der Waals surface area contributed by atoms with E-state index in [0.717, 1.165) is 10.8 Å². The van der Waals surface area contributed by atoms with Gasteiger partial charge in [-0.25, -0.2) is 9.59 Å². The Morgan fingerprint density at radius 3 is 2.48 bits per heavy atom. The molecular formula is C12H17N2O10P. The molecule has 0 aliphatic heterocycles. The molecule has 25 heavy (non-hydrogen) atoms. The molecule has 1 aliphatic rings. The molecule has 0 radical (unpaired) electrons. The van der Waals surface area contributed by atoms with Crippen LogP contribution in [0, 0.1) is 6.92 Å². The van der Waals surface area contributed by atoms with Crippen molar-refractivity contribution >= 4 is 13.6 Å². The Bertz CT molecular complexity index is 826. The Kier molecular flexibility index (Phi) is 5.33. The number of aliphatic hydroxyl groups is 2. The van der Waals surface area contributed by atoms with Gasteiger partial charge >= 0.3 is 19.3 Å². The molecule has 140 valence electrons. The Morgan fingerprint density at radius 1 is 1.36 bits per heavy atom. The maximum absolute atomic E-state index is 11.9. The van der Waals surface area contributed by atoms with Crippen LogP contribution in [0.15, 0.2) is 15.8 Å². The molecule has 1 saturated carbocycles. The second-order valence-corrected chi connectivity index (χ2v) is 7.36. The number of nitrogens with zero attached hydrogens (tertiary/aromatic N) is 1. The first-order chi connectivity index (χ1) is 11.4. The number of aromatic amines is 1. The SMILES string of the molecule is Cc1cn([C@@H]2C[C@H](OC(C(=O)O)P(=O)(O)O)[C@@H](O)[C@H]2O)c(=O)[nH]c1=O. The van der Waals surface area contributed by atoms with E-state index in [9.17, 15) is 29.2 Å². The second-order valence-electron chi connectivity index (χ2n) is 5.72. The van der Waals surface area contributed by atoms with Gasteiger partial charge in [0.15, 0.2) is 0 Å². The first-order valence-corrected chi connectivity index (χ1v) is 8.73. The lowest BCUT2D eigenvalue weighted by molar-refractivity contribution is -0.152. The summed E-state index contributed by atoms with van der Waals surface area (Å²) < 4.78 is 16.9. The molecule has 1 aromatic rings. The number of H-pyrrole nitrogens is 1. The van der Waals surface area contributed by atoms with Crippen LogP contribution in [0.4, 0.5) is 0 Å². The molecule has 1 aromatic heterocycles. The zero-order valence-corrected chi connectivity index (χ0v) is 13.7. The van der Waals surface area contributed by atoms with Crippen LogP contribution in [-0.4, -0.2) is 64.8 Å². The molecule has 1 fully saturated rings. The van der Waals surface area contributed by atoms with E-state index >= 15 is 0 Å². The van der Waals surface area contributed by atoms with Gasteiger partial charge in [0, 0.05) is 11.8 Å². The highest BCUT2D eigenvalue weighted by atomic mass is 31.2. The molecule has 0 amide bonds. The number of aliphatic carboxylic acids is 1. The number of carboxylic acids is 1. The lowest BCUT2D eigenvalue weighted by Gasteiger charge is -2.22. The van der Waals surface area contributed by atoms with Crippen molar-refractivity contribution in [2.45, 2.75) is 43.5 Å². The standard InChI is InChI=1S/C12H17N2O10P/c1-4-3-14(12(20)13-9(4)17)5-2-6(8(16)7(5)15)24-11(10(18)19)25(21,22)23/h3,5-8,11,15-16H,2H2,1H3,(H,18,19)(H,13,17,20)(H2,21,22,23)/t5-,6+,7+,8-,11?/m1/s1. The molecule has 0 spiro atoms. The number of nitrogens with one attached hydrogen (secondary N) is 1. The normalized spacial score (nSPS) is 28.0. The van der Waals surface area contributed by atoms with E-state index in [2.05, 4.69) is 0 Å². The molecular weight excluding hydrogens is 363 g/mol. The first-order valence-electron chi connectivity index (χ1n) is 7.05. The summed E-state index contributed by atoms with van der Waals surface area (Å²) >= 11 is 0. The van der Waals surface area contributed by atoms with Gasteiger partial charge in [-0.3, -0.25) is 18.9 Å². The van der Waals surface area contributed by atoms with E-state index in [-0.39, 0.29) is 12.0 Å². The fourth-order valence-corrected chi connectivity index (χ4v) is 3.26. The van der Waals surface area contributed by atoms with Crippen LogP contribution in [0.2, 0.25) is 0 Å². The molecule has 12 nitrogen and oxygen atoms in total. The van der Waals surface area contributed by atoms with Crippen molar-refractivity contribution in [3.05, 3.63) is 32.6 Å². The van der Waals surface area contributed by atoms with E-state index < -0.39 is 55.0 Å². The number of aromatic nitrogens is 2. The predicted molar refractivity (Wildman–Crippen MR) is 80.1 cm³/mol. The molecule has 2 rings (SSSR count). The van der Waals surface area contributed by atoms with Crippen LogP contribution in [0.25, 0.3) is 0 Å². The number of hydrogen-bond donors (Lipinski definition) is 6. The van der Waals surface area contributed by atoms with Gasteiger partial charge in [0.2, 0.25) is 0 Å². The summed E-state index contributed by atoms with van der Waals surface area (Å²) in [5.41, 5.74) is -1.34. The zero-order valence-electron chi connectivity index (χ0n) is 12.8. The molecule has 0 aromatic carbocycles. The minimum Gasteiger partial charge on any atom is -0.479 e. The highest BCUT2D eigenvalue weighted by Gasteiger charge is 2.48. The minimum atomic E-state index is -5.18. The highest BCUT2D eigenvalue weighted by Crippen LogP contribution is 2.44. The van der Waals surface area contributed by atoms with Crippen LogP contribution >= 0.6 is 7.60 Å². The monoisotopic (exact) mass is 380 g/mol. The van der Waals surface area contributed by atoms with Gasteiger partial charge in [0.1, 0.15) is 12.2 Å². The average molecular weight is 380 g/mol. The van der Waals surface area contributed by atoms with Crippen molar-refractivity contribution in [3.63, 3.8) is 0 Å². The van der Waals surface area contributed by atoms with Crippen molar-refractivity contribution in [1.82, 2.24) is 9.55 Å². The third-order valence-electron chi connectivity index (χ3n) is 3.92. The Labute approximate surface area is 139 Å². The van der Waals surface area contributed by atoms with Gasteiger partial charge in [0.25, 0.3) is 11.4 Å². The van der Waals surface area contributed by atoms with E-state index in [1.54, 1.807) is 0 Å². The van der Waals surface area contributed by atoms with Crippen molar-refractivity contribution in [1.29, 1.82) is 0 Å². The van der Waals surface area contributed by atoms with Crippen LogP contribution in [0.5, 0.6) is 0 Å². The Balaban J connectivity index is 2.31. The van der Waals surface area contributed by atoms with Gasteiger partial charge in [0.05, 0.1) is 12.1 Å². The maximum atomic E-state index is 11.9. The largest absolute Gasteiger partial charge is 0.479 e. The fraction of sp³-hybridized carbons (Fsp3) is 0.583. The highest BCUT2D eigenvalue weighted by molar-refractivity contribution is 7.53. The Morgan fingerprint density at radius 2 is 1.96 bits per heavy atom. The maximum Gasteiger partial charge on any atom is 0.365 e. The van der Waals surface area contributed by atoms with Gasteiger partial charge < -0.3 is 29.8 Å². The fourth-order valence-electron chi connectivity index (χ4n) is 2.66. The molecule has 1 aliphatic carbocycles. The molecule has 0 saturated heterocycles. The summed E-state index contributed by atoms with van der Waals surface area (Å²) in [4.78, 5) is 54.3. The molecule has 5 atom stereocenters. The lowest BCUT2D eigenvalue weighted by Crippen LogP contribution is -2.39. The van der Waals surface area contributed by atoms with Crippen molar-refractivity contribution < 1.29 is 39.2 Å². The van der Waals surface area contributed by atoms with Crippen LogP contribution in [-0.2, 0) is 14.1 Å². The van der Waals surface area contributed by atoms with Gasteiger partial charge in [-0.15, -0.1) is 0 Å². The molecule has 13 heteroatoms. The minimum absolute atomic E-state index is 0.157. The van der Waals surface area contributed by atoms with Crippen molar-refractivity contribution in [3.8, 4) is 0 Å². The van der Waals surface area contributed by atoms with Gasteiger partial charge in [-0.05, 0) is 13.3 Å². The van der Waals surface area contributed by atoms with Crippen LogP contribution < -0.4 is 11.2 Å². The number of rotatable bonds is 5. The first kappa shape index (κ1) is 19.5. The second kappa shape index (κ2) is 6.83. The number of aryl methyl sites for hydroxylation is 1. The summed E-state index contributed by atoms with van der Waals surface area (Å²) in [6, 6.07) is -1.09. The van der Waals surface area contributed by atoms with E-state index in [0.29, 0.717) is 0 Å². The summed E-state index contributed by atoms with van der Waals surface area (Å²) in [6.45, 7) is 1.41. The lowest BCUT2D eigenvalue weighted by atomic mass is 10.2. The van der Waals surface area contributed by atoms with E-state index in [1.165, 1.54) is 6.92 Å². The average Bonchev–Trinajstić information content (AvgIpc) is 2.75. The summed E-state index contributed by atoms with van der Waals surface area (Å²) in [7, 11) is -5.18. The van der Waals surface area contributed by atoms with Gasteiger partial charge in [-0.2, -0.15) is 0 Å². The van der Waals surface area contributed by atoms with Gasteiger partial charge in [-0.1, -0.05) is 0 Å². The summed E-state index contributed by atoms with van der Waals surface area (Å²) in [5, 5.41) is 28.9. The summed E-state index contributed by atoms with van der Waals surface area (Å²) in [6.07, 6.45) is -3.89. The van der Waals surface area contributed by atoms with Crippen LogP contribution in [0.1, 0.15) is 18.0 Å².